The van der Waals surface area contributed by atoms with Gasteiger partial charge in [-0.25, -0.2) is 0 Å². The van der Waals surface area contributed by atoms with Gasteiger partial charge in [0.05, 0.1) is 10.6 Å². The quantitative estimate of drug-likeness (QED) is 0.391. The minimum absolute atomic E-state index is 0.646. The topological polar surface area (TPSA) is 56.2 Å². The lowest BCUT2D eigenvalue weighted by atomic mass is 10.3. The number of nitrogens with zero attached hydrogens (tertiary/aromatic N) is 1. The SMILES string of the molecule is O=P12c3oc(-c4ccon4)c1c32. The number of furan rings is 1. The van der Waals surface area contributed by atoms with Gasteiger partial charge in [-0.3, -0.25) is 0 Å². The van der Waals surface area contributed by atoms with Crippen LogP contribution in [0.2, 0.25) is 0 Å². The van der Waals surface area contributed by atoms with Crippen LogP contribution in [0.5, 0.6) is 0 Å². The van der Waals surface area contributed by atoms with Crippen molar-refractivity contribution in [2.45, 2.75) is 0 Å². The molecule has 2 aromatic heterocycles. The average Bonchev–Trinajstić information content (AvgIpc) is 2.75. The molecule has 0 aliphatic carbocycles. The molecule has 4 nitrogen and oxygen atoms in total. The van der Waals surface area contributed by atoms with Gasteiger partial charge in [0.2, 0.25) is 7.14 Å². The molecule has 0 N–H and O–H groups in total. The van der Waals surface area contributed by atoms with E-state index in [0.717, 1.165) is 10.6 Å². The van der Waals surface area contributed by atoms with E-state index in [2.05, 4.69) is 9.68 Å². The van der Waals surface area contributed by atoms with E-state index in [-0.39, 0.29) is 0 Å². The van der Waals surface area contributed by atoms with Crippen LogP contribution >= 0.6 is 7.14 Å². The summed E-state index contributed by atoms with van der Waals surface area (Å²) in [6, 6.07) is 1.71. The third-order valence-electron chi connectivity index (χ3n) is 2.33. The van der Waals surface area contributed by atoms with E-state index in [4.69, 9.17) is 4.42 Å². The summed E-state index contributed by atoms with van der Waals surface area (Å²) in [5.74, 6) is 0.650. The van der Waals surface area contributed by atoms with E-state index in [9.17, 15) is 4.57 Å². The highest BCUT2D eigenvalue weighted by Gasteiger charge is 2.74. The fourth-order valence-corrected chi connectivity index (χ4v) is 4.09. The van der Waals surface area contributed by atoms with Crippen LogP contribution in [0.1, 0.15) is 0 Å². The molecule has 0 saturated heterocycles. The number of hydrogen-bond acceptors (Lipinski definition) is 4. The molecule has 2 aromatic rings. The van der Waals surface area contributed by atoms with Gasteiger partial charge < -0.3 is 13.5 Å². The lowest BCUT2D eigenvalue weighted by molar-refractivity contribution is 0.420. The van der Waals surface area contributed by atoms with Crippen molar-refractivity contribution >= 4 is 23.3 Å². The van der Waals surface area contributed by atoms with Crippen LogP contribution in [0.25, 0.3) is 11.5 Å². The maximum absolute atomic E-state index is 11.5. The summed E-state index contributed by atoms with van der Waals surface area (Å²) in [7, 11) is -2.08. The molecule has 3 aliphatic heterocycles. The summed E-state index contributed by atoms with van der Waals surface area (Å²) in [4.78, 5) is 0. The Hall–Kier alpha value is -1.28. The molecule has 5 rings (SSSR count). The predicted molar refractivity (Wildman–Crippen MR) is 40.7 cm³/mol. The van der Waals surface area contributed by atoms with Crippen molar-refractivity contribution in [3.05, 3.63) is 12.3 Å². The number of rotatable bonds is 1. The normalized spacial score (nSPS) is 27.0. The maximum Gasteiger partial charge on any atom is 0.214 e. The van der Waals surface area contributed by atoms with Crippen molar-refractivity contribution in [3.8, 4) is 11.5 Å². The molecule has 0 fully saturated rings. The van der Waals surface area contributed by atoms with Crippen LogP contribution in [-0.2, 0) is 4.57 Å². The number of fused-ring (bicyclic) bond motifs is 1. The molecule has 1 atom stereocenters. The van der Waals surface area contributed by atoms with E-state index in [1.165, 1.54) is 6.26 Å². The Morgan fingerprint density at radius 2 is 2.25 bits per heavy atom. The van der Waals surface area contributed by atoms with Gasteiger partial charge in [0.15, 0.2) is 11.3 Å². The van der Waals surface area contributed by atoms with Gasteiger partial charge in [-0.15, -0.1) is 0 Å². The van der Waals surface area contributed by atoms with Gasteiger partial charge in [-0.1, -0.05) is 5.16 Å². The first-order chi connectivity index (χ1) is 5.83. The Morgan fingerprint density at radius 1 is 1.42 bits per heavy atom. The van der Waals surface area contributed by atoms with Crippen LogP contribution in [-0.4, -0.2) is 5.16 Å². The highest BCUT2D eigenvalue weighted by molar-refractivity contribution is 8.06. The molecule has 0 saturated carbocycles. The largest absolute Gasteiger partial charge is 0.449 e. The minimum atomic E-state index is -2.08. The van der Waals surface area contributed by atoms with Gasteiger partial charge in [0, 0.05) is 6.07 Å². The van der Waals surface area contributed by atoms with Gasteiger partial charge >= 0.3 is 0 Å². The van der Waals surface area contributed by atoms with Crippen LogP contribution < -0.4 is 16.1 Å². The van der Waals surface area contributed by atoms with Crippen molar-refractivity contribution in [3.63, 3.8) is 0 Å². The molecular weight excluding hydrogens is 177 g/mol. The summed E-state index contributed by atoms with van der Waals surface area (Å²) in [5, 5.41) is 5.57. The zero-order valence-electron chi connectivity index (χ0n) is 5.77. The first kappa shape index (κ1) is 5.38. The van der Waals surface area contributed by atoms with Gasteiger partial charge in [0.1, 0.15) is 12.0 Å². The second kappa shape index (κ2) is 1.21. The summed E-state index contributed by atoms with van der Waals surface area (Å²) in [6.45, 7) is 0. The predicted octanol–water partition coefficient (Wildman–Crippen LogP) is 0.201. The van der Waals surface area contributed by atoms with E-state index in [1.807, 2.05) is 0 Å². The first-order valence-corrected chi connectivity index (χ1v) is 5.23. The number of hydrogen-bond donors (Lipinski definition) is 0. The molecular formula is C7H2NO3P. The van der Waals surface area contributed by atoms with Crippen molar-refractivity contribution < 1.29 is 13.5 Å². The summed E-state index contributed by atoms with van der Waals surface area (Å²) < 4.78 is 21.5. The molecule has 2 bridgehead atoms. The Labute approximate surface area is 66.5 Å². The van der Waals surface area contributed by atoms with Crippen LogP contribution in [0, 0.1) is 0 Å². The van der Waals surface area contributed by atoms with E-state index in [0.29, 0.717) is 17.0 Å². The molecule has 5 heterocycles. The van der Waals surface area contributed by atoms with Gasteiger partial charge in [0.25, 0.3) is 0 Å². The fourth-order valence-electron chi connectivity index (χ4n) is 1.60. The molecule has 0 aromatic carbocycles. The Morgan fingerprint density at radius 3 is 2.75 bits per heavy atom. The highest BCUT2D eigenvalue weighted by atomic mass is 31.2. The van der Waals surface area contributed by atoms with Gasteiger partial charge in [-0.05, 0) is 0 Å². The summed E-state index contributed by atoms with van der Waals surface area (Å²) >= 11 is 0. The highest BCUT2D eigenvalue weighted by Crippen LogP contribution is 2.70. The van der Waals surface area contributed by atoms with E-state index in [1.54, 1.807) is 6.07 Å². The summed E-state index contributed by atoms with van der Waals surface area (Å²) in [6.07, 6.45) is 1.47. The zero-order chi connectivity index (χ0) is 7.92. The first-order valence-electron chi connectivity index (χ1n) is 3.53. The molecule has 5 heteroatoms. The monoisotopic (exact) mass is 179 g/mol. The Balaban J connectivity index is 2.06. The molecule has 3 aliphatic rings. The Kier molecular flexibility index (Phi) is 0.542. The van der Waals surface area contributed by atoms with Crippen molar-refractivity contribution in [2.75, 3.05) is 0 Å². The molecule has 0 radical (unpaired) electrons. The van der Waals surface area contributed by atoms with Crippen molar-refractivity contribution in [1.29, 1.82) is 0 Å². The lowest BCUT2D eigenvalue weighted by Gasteiger charge is -1.81. The standard InChI is InChI=1S/C7H2NO3P/c9-12-5-4(3-1-2-10-8-3)11-7(12)6(5)12/h1-2H. The second-order valence-corrected chi connectivity index (χ2v) is 5.45. The zero-order valence-corrected chi connectivity index (χ0v) is 6.67. The summed E-state index contributed by atoms with van der Waals surface area (Å²) in [5.41, 5.74) is 1.35. The van der Waals surface area contributed by atoms with Gasteiger partial charge in [-0.2, -0.15) is 0 Å². The lowest BCUT2D eigenvalue weighted by Crippen LogP contribution is -1.95. The molecule has 12 heavy (non-hydrogen) atoms. The second-order valence-electron chi connectivity index (χ2n) is 2.93. The van der Waals surface area contributed by atoms with E-state index >= 15 is 0 Å². The van der Waals surface area contributed by atoms with Crippen molar-refractivity contribution in [1.82, 2.24) is 5.16 Å². The molecule has 1 unspecified atom stereocenters. The molecule has 0 amide bonds. The fraction of sp³-hybridized carbons (Fsp3) is 0. The Bertz CT molecular complexity index is 542. The van der Waals surface area contributed by atoms with E-state index < -0.39 is 7.14 Å². The molecule has 0 spiro atoms. The van der Waals surface area contributed by atoms with Crippen molar-refractivity contribution in [2.24, 2.45) is 0 Å². The third kappa shape index (κ3) is 0.329. The maximum atomic E-state index is 11.5. The average molecular weight is 179 g/mol. The van der Waals surface area contributed by atoms with Crippen LogP contribution in [0.4, 0.5) is 0 Å². The smallest absolute Gasteiger partial charge is 0.214 e. The number of aromatic nitrogens is 1. The van der Waals surface area contributed by atoms with Crippen LogP contribution in [0.15, 0.2) is 21.3 Å². The minimum Gasteiger partial charge on any atom is -0.449 e. The molecule has 58 valence electrons. The van der Waals surface area contributed by atoms with Crippen LogP contribution in [0.3, 0.4) is 0 Å². The third-order valence-corrected chi connectivity index (χ3v) is 4.88.